The lowest BCUT2D eigenvalue weighted by molar-refractivity contribution is 0.307. The topological polar surface area (TPSA) is 95.4 Å². The Balaban J connectivity index is 2.21. The predicted octanol–water partition coefficient (Wildman–Crippen LogP) is 2.15. The van der Waals surface area contributed by atoms with Crippen LogP contribution in [0.3, 0.4) is 0 Å². The molecule has 0 atom stereocenters. The molecule has 2 aromatic carbocycles. The first-order chi connectivity index (χ1) is 9.36. The van der Waals surface area contributed by atoms with Crippen molar-refractivity contribution in [1.82, 2.24) is 0 Å². The van der Waals surface area contributed by atoms with E-state index in [-0.39, 0.29) is 17.3 Å². The van der Waals surface area contributed by atoms with Crippen molar-refractivity contribution >= 4 is 27.3 Å². The first-order valence-corrected chi connectivity index (χ1v) is 7.58. The number of rotatable bonds is 4. The molecule has 0 radical (unpaired) electrons. The Hall–Kier alpha value is -1.76. The van der Waals surface area contributed by atoms with Crippen molar-refractivity contribution in [2.24, 2.45) is 5.14 Å². The highest BCUT2D eigenvalue weighted by atomic mass is 35.5. The third-order valence-corrected chi connectivity index (χ3v) is 3.74. The second kappa shape index (κ2) is 5.70. The summed E-state index contributed by atoms with van der Waals surface area (Å²) in [5.74, 6) is 0.261. The summed E-state index contributed by atoms with van der Waals surface area (Å²) in [5.41, 5.74) is 6.92. The Bertz CT molecular complexity index is 732. The van der Waals surface area contributed by atoms with Crippen molar-refractivity contribution in [1.29, 1.82) is 0 Å². The lowest BCUT2D eigenvalue weighted by Gasteiger charge is -2.10. The zero-order valence-electron chi connectivity index (χ0n) is 10.4. The van der Waals surface area contributed by atoms with Crippen molar-refractivity contribution in [3.63, 3.8) is 0 Å². The van der Waals surface area contributed by atoms with E-state index in [4.69, 9.17) is 27.2 Å². The Labute approximate surface area is 122 Å². The van der Waals surface area contributed by atoms with E-state index < -0.39 is 10.0 Å². The molecule has 5 nitrogen and oxygen atoms in total. The van der Waals surface area contributed by atoms with Gasteiger partial charge in [-0.15, -0.1) is 0 Å². The molecule has 106 valence electrons. The Morgan fingerprint density at radius 3 is 2.55 bits per heavy atom. The molecule has 0 aromatic heterocycles. The summed E-state index contributed by atoms with van der Waals surface area (Å²) < 4.78 is 28.1. The van der Waals surface area contributed by atoms with E-state index in [0.717, 1.165) is 5.56 Å². The Morgan fingerprint density at radius 2 is 1.90 bits per heavy atom. The molecule has 0 saturated carbocycles. The largest absolute Gasteiger partial charge is 0.487 e. The molecule has 4 N–H and O–H groups in total. The van der Waals surface area contributed by atoms with Crippen LogP contribution in [0.1, 0.15) is 5.56 Å². The van der Waals surface area contributed by atoms with Gasteiger partial charge in [-0.05, 0) is 29.8 Å². The number of ether oxygens (including phenoxy) is 1. The van der Waals surface area contributed by atoms with E-state index >= 15 is 0 Å². The third-order valence-electron chi connectivity index (χ3n) is 2.60. The molecule has 20 heavy (non-hydrogen) atoms. The number of halogens is 1. The number of hydrogen-bond acceptors (Lipinski definition) is 4. The molecule has 0 unspecified atom stereocenters. The summed E-state index contributed by atoms with van der Waals surface area (Å²) in [4.78, 5) is -0.0483. The first kappa shape index (κ1) is 14.6. The van der Waals surface area contributed by atoms with Crippen LogP contribution >= 0.6 is 11.6 Å². The molecule has 0 aliphatic rings. The van der Waals surface area contributed by atoms with Crippen LogP contribution in [0.25, 0.3) is 0 Å². The molecule has 2 rings (SSSR count). The van der Waals surface area contributed by atoms with Gasteiger partial charge in [0, 0.05) is 11.1 Å². The summed E-state index contributed by atoms with van der Waals surface area (Å²) in [6.07, 6.45) is 0. The molecule has 0 fully saturated rings. The number of nitrogens with two attached hydrogens (primary N) is 2. The minimum Gasteiger partial charge on any atom is -0.487 e. The van der Waals surface area contributed by atoms with Crippen LogP contribution in [0.4, 0.5) is 5.69 Å². The number of hydrogen-bond donors (Lipinski definition) is 2. The van der Waals surface area contributed by atoms with Gasteiger partial charge in [0.25, 0.3) is 0 Å². The maximum atomic E-state index is 11.3. The number of primary sulfonamides is 1. The summed E-state index contributed by atoms with van der Waals surface area (Å²) in [7, 11) is -3.79. The standard InChI is InChI=1S/C13H13ClN2O3S/c14-10-3-1-2-9(6-10)8-19-13-7-11(20(16,17)18)4-5-12(13)15/h1-7H,8,15H2,(H2,16,17,18). The third kappa shape index (κ3) is 3.63. The predicted molar refractivity (Wildman–Crippen MR) is 78.0 cm³/mol. The van der Waals surface area contributed by atoms with Crippen LogP contribution in [0.5, 0.6) is 5.75 Å². The molecule has 0 heterocycles. The van der Waals surface area contributed by atoms with Gasteiger partial charge in [0.15, 0.2) is 0 Å². The minimum atomic E-state index is -3.79. The lowest BCUT2D eigenvalue weighted by atomic mass is 10.2. The second-order valence-corrected chi connectivity index (χ2v) is 6.16. The van der Waals surface area contributed by atoms with E-state index in [1.54, 1.807) is 18.2 Å². The van der Waals surface area contributed by atoms with E-state index in [1.165, 1.54) is 18.2 Å². The SMILES string of the molecule is Nc1ccc(S(N)(=O)=O)cc1OCc1cccc(Cl)c1. The van der Waals surface area contributed by atoms with Gasteiger partial charge in [-0.25, -0.2) is 13.6 Å². The molecule has 0 bridgehead atoms. The minimum absolute atomic E-state index is 0.0483. The van der Waals surface area contributed by atoms with Crippen LogP contribution in [0, 0.1) is 0 Å². The summed E-state index contributed by atoms with van der Waals surface area (Å²) in [6, 6.07) is 11.2. The first-order valence-electron chi connectivity index (χ1n) is 5.66. The fourth-order valence-electron chi connectivity index (χ4n) is 1.60. The maximum absolute atomic E-state index is 11.3. The van der Waals surface area contributed by atoms with Gasteiger partial charge >= 0.3 is 0 Å². The number of nitrogen functional groups attached to an aromatic ring is 1. The smallest absolute Gasteiger partial charge is 0.238 e. The number of anilines is 1. The van der Waals surface area contributed by atoms with Crippen molar-refractivity contribution < 1.29 is 13.2 Å². The van der Waals surface area contributed by atoms with Crippen molar-refractivity contribution in [3.05, 3.63) is 53.1 Å². The summed E-state index contributed by atoms with van der Waals surface area (Å²) in [6.45, 7) is 0.221. The summed E-state index contributed by atoms with van der Waals surface area (Å²) >= 11 is 5.87. The van der Waals surface area contributed by atoms with Crippen molar-refractivity contribution in [2.75, 3.05) is 5.73 Å². The van der Waals surface area contributed by atoms with Crippen LogP contribution in [-0.2, 0) is 16.6 Å². The molecule has 0 aliphatic carbocycles. The quantitative estimate of drug-likeness (QED) is 0.845. The molecular formula is C13H13ClN2O3S. The van der Waals surface area contributed by atoms with Gasteiger partial charge in [0.05, 0.1) is 10.6 Å². The van der Waals surface area contributed by atoms with Gasteiger partial charge in [0.2, 0.25) is 10.0 Å². The summed E-state index contributed by atoms with van der Waals surface area (Å²) in [5, 5.41) is 5.66. The monoisotopic (exact) mass is 312 g/mol. The Morgan fingerprint density at radius 1 is 1.15 bits per heavy atom. The molecule has 0 saturated heterocycles. The van der Waals surface area contributed by atoms with Gasteiger partial charge in [-0.3, -0.25) is 0 Å². The molecule has 0 aliphatic heterocycles. The zero-order valence-corrected chi connectivity index (χ0v) is 12.0. The number of benzene rings is 2. The Kier molecular flexibility index (Phi) is 4.17. The fourth-order valence-corrected chi connectivity index (χ4v) is 2.35. The molecular weight excluding hydrogens is 300 g/mol. The fraction of sp³-hybridized carbons (Fsp3) is 0.0769. The van der Waals surface area contributed by atoms with Gasteiger partial charge in [0.1, 0.15) is 12.4 Å². The normalized spacial score (nSPS) is 11.3. The average Bonchev–Trinajstić information content (AvgIpc) is 2.36. The van der Waals surface area contributed by atoms with Crippen LogP contribution < -0.4 is 15.6 Å². The maximum Gasteiger partial charge on any atom is 0.238 e. The van der Waals surface area contributed by atoms with E-state index in [0.29, 0.717) is 10.7 Å². The lowest BCUT2D eigenvalue weighted by Crippen LogP contribution is -2.12. The van der Waals surface area contributed by atoms with Gasteiger partial charge in [-0.2, -0.15) is 0 Å². The highest BCUT2D eigenvalue weighted by molar-refractivity contribution is 7.89. The molecule has 7 heteroatoms. The highest BCUT2D eigenvalue weighted by Crippen LogP contribution is 2.25. The van der Waals surface area contributed by atoms with E-state index in [1.807, 2.05) is 6.07 Å². The van der Waals surface area contributed by atoms with Crippen LogP contribution in [-0.4, -0.2) is 8.42 Å². The van der Waals surface area contributed by atoms with E-state index in [2.05, 4.69) is 0 Å². The molecule has 0 amide bonds. The highest BCUT2D eigenvalue weighted by Gasteiger charge is 2.11. The number of sulfonamides is 1. The molecule has 0 spiro atoms. The zero-order chi connectivity index (χ0) is 14.8. The van der Waals surface area contributed by atoms with E-state index in [9.17, 15) is 8.42 Å². The van der Waals surface area contributed by atoms with Gasteiger partial charge in [-0.1, -0.05) is 23.7 Å². The van der Waals surface area contributed by atoms with Crippen LogP contribution in [0.15, 0.2) is 47.4 Å². The van der Waals surface area contributed by atoms with Gasteiger partial charge < -0.3 is 10.5 Å². The van der Waals surface area contributed by atoms with Crippen molar-refractivity contribution in [2.45, 2.75) is 11.5 Å². The van der Waals surface area contributed by atoms with Crippen molar-refractivity contribution in [3.8, 4) is 5.75 Å². The second-order valence-electron chi connectivity index (χ2n) is 4.16. The molecule has 2 aromatic rings. The van der Waals surface area contributed by atoms with Crippen LogP contribution in [0.2, 0.25) is 5.02 Å². The average molecular weight is 313 g/mol.